The number of nitrogens with two attached hydrogens (primary N) is 1. The van der Waals surface area contributed by atoms with Gasteiger partial charge in [0, 0.05) is 25.2 Å². The van der Waals surface area contributed by atoms with Gasteiger partial charge in [-0.1, -0.05) is 60.4 Å². The van der Waals surface area contributed by atoms with Crippen LogP contribution in [0.2, 0.25) is 0 Å². The van der Waals surface area contributed by atoms with Crippen LogP contribution in [0.25, 0.3) is 0 Å². The second kappa shape index (κ2) is 8.16. The molecule has 0 fully saturated rings. The highest BCUT2D eigenvalue weighted by atomic mass is 15.1. The van der Waals surface area contributed by atoms with Crippen LogP contribution in [0.4, 0.5) is 0 Å². The minimum Gasteiger partial charge on any atom is -0.329 e. The molecule has 0 unspecified atom stereocenters. The highest BCUT2D eigenvalue weighted by molar-refractivity contribution is 5.33. The molecule has 0 aliphatic carbocycles. The van der Waals surface area contributed by atoms with Crippen molar-refractivity contribution in [2.75, 3.05) is 19.6 Å². The summed E-state index contributed by atoms with van der Waals surface area (Å²) in [5.41, 5.74) is 8.03. The maximum absolute atomic E-state index is 5.68. The van der Waals surface area contributed by atoms with E-state index in [1.807, 2.05) is 36.4 Å². The number of rotatable bonds is 5. The number of nitrogens with zero attached hydrogens (tertiary/aromatic N) is 1. The molecule has 0 heterocycles. The van der Waals surface area contributed by atoms with Crippen LogP contribution >= 0.6 is 0 Å². The van der Waals surface area contributed by atoms with Gasteiger partial charge in [0.25, 0.3) is 0 Å². The van der Waals surface area contributed by atoms with E-state index >= 15 is 0 Å². The zero-order valence-corrected chi connectivity index (χ0v) is 11.6. The Bertz CT molecular complexity index is 552. The summed E-state index contributed by atoms with van der Waals surface area (Å²) in [7, 11) is 0. The molecule has 0 aliphatic heterocycles. The van der Waals surface area contributed by atoms with Crippen molar-refractivity contribution in [3.05, 3.63) is 71.8 Å². The first kappa shape index (κ1) is 14.3. The van der Waals surface area contributed by atoms with Crippen molar-refractivity contribution in [3.8, 4) is 11.8 Å². The standard InChI is InChI=1S/C18H20N2/c19-13-15-20(16-18-10-5-2-6-11-18)14-7-12-17-8-3-1-4-9-17/h1-6,8-11H,13-16,19H2. The minimum absolute atomic E-state index is 0.653. The van der Waals surface area contributed by atoms with Crippen molar-refractivity contribution in [2.24, 2.45) is 5.73 Å². The number of hydrogen-bond acceptors (Lipinski definition) is 2. The lowest BCUT2D eigenvalue weighted by Gasteiger charge is -2.18. The third-order valence-corrected chi connectivity index (χ3v) is 3.00. The van der Waals surface area contributed by atoms with Crippen LogP contribution in [0, 0.1) is 11.8 Å². The normalized spacial score (nSPS) is 10.1. The maximum atomic E-state index is 5.68. The Morgan fingerprint density at radius 3 is 2.20 bits per heavy atom. The van der Waals surface area contributed by atoms with E-state index in [4.69, 9.17) is 5.73 Å². The minimum atomic E-state index is 0.653. The summed E-state index contributed by atoms with van der Waals surface area (Å²) in [6.45, 7) is 3.14. The summed E-state index contributed by atoms with van der Waals surface area (Å²) >= 11 is 0. The summed E-state index contributed by atoms with van der Waals surface area (Å²) < 4.78 is 0. The Morgan fingerprint density at radius 2 is 1.55 bits per heavy atom. The molecule has 2 heteroatoms. The Morgan fingerprint density at radius 1 is 0.900 bits per heavy atom. The molecular weight excluding hydrogens is 244 g/mol. The SMILES string of the molecule is NCCN(CC#Cc1ccccc1)Cc1ccccc1. The number of benzene rings is 2. The molecule has 0 atom stereocenters. The van der Waals surface area contributed by atoms with E-state index in [1.54, 1.807) is 0 Å². The molecule has 0 saturated heterocycles. The molecule has 0 saturated carbocycles. The molecule has 102 valence electrons. The topological polar surface area (TPSA) is 29.3 Å². The summed E-state index contributed by atoms with van der Waals surface area (Å²) in [4.78, 5) is 2.27. The Labute approximate surface area is 121 Å². The quantitative estimate of drug-likeness (QED) is 0.841. The van der Waals surface area contributed by atoms with E-state index in [0.717, 1.165) is 25.2 Å². The molecule has 2 N–H and O–H groups in total. The molecule has 0 radical (unpaired) electrons. The van der Waals surface area contributed by atoms with Gasteiger partial charge in [-0.05, 0) is 17.7 Å². The van der Waals surface area contributed by atoms with E-state index in [1.165, 1.54) is 5.56 Å². The Kier molecular flexibility index (Phi) is 5.85. The van der Waals surface area contributed by atoms with Crippen LogP contribution in [0.5, 0.6) is 0 Å². The summed E-state index contributed by atoms with van der Waals surface area (Å²) in [6.07, 6.45) is 0. The van der Waals surface area contributed by atoms with Crippen molar-refractivity contribution < 1.29 is 0 Å². The predicted molar refractivity (Wildman–Crippen MR) is 84.1 cm³/mol. The van der Waals surface area contributed by atoms with Gasteiger partial charge in [0.05, 0.1) is 6.54 Å². The third-order valence-electron chi connectivity index (χ3n) is 3.00. The van der Waals surface area contributed by atoms with Gasteiger partial charge in [-0.15, -0.1) is 0 Å². The van der Waals surface area contributed by atoms with Gasteiger partial charge in [-0.3, -0.25) is 4.90 Å². The lowest BCUT2D eigenvalue weighted by molar-refractivity contribution is 0.307. The van der Waals surface area contributed by atoms with Gasteiger partial charge in [-0.2, -0.15) is 0 Å². The Hall–Kier alpha value is -2.08. The molecule has 2 aromatic carbocycles. The van der Waals surface area contributed by atoms with Gasteiger partial charge >= 0.3 is 0 Å². The second-order valence-electron chi connectivity index (χ2n) is 4.65. The lowest BCUT2D eigenvalue weighted by Crippen LogP contribution is -2.29. The van der Waals surface area contributed by atoms with Crippen molar-refractivity contribution in [3.63, 3.8) is 0 Å². The summed E-state index contributed by atoms with van der Waals surface area (Å²) in [6, 6.07) is 20.5. The average molecular weight is 264 g/mol. The molecular formula is C18H20N2. The van der Waals surface area contributed by atoms with Crippen LogP contribution in [-0.2, 0) is 6.54 Å². The predicted octanol–water partition coefficient (Wildman–Crippen LogP) is 2.50. The highest BCUT2D eigenvalue weighted by Gasteiger charge is 2.02. The number of hydrogen-bond donors (Lipinski definition) is 1. The first-order chi connectivity index (χ1) is 9.88. The van der Waals surface area contributed by atoms with Gasteiger partial charge in [-0.25, -0.2) is 0 Å². The lowest BCUT2D eigenvalue weighted by atomic mass is 10.2. The first-order valence-electron chi connectivity index (χ1n) is 6.89. The van der Waals surface area contributed by atoms with Crippen molar-refractivity contribution in [2.45, 2.75) is 6.54 Å². The largest absolute Gasteiger partial charge is 0.329 e. The first-order valence-corrected chi connectivity index (χ1v) is 6.89. The van der Waals surface area contributed by atoms with E-state index in [2.05, 4.69) is 41.0 Å². The molecule has 0 spiro atoms. The summed E-state index contributed by atoms with van der Waals surface area (Å²) in [5, 5.41) is 0. The van der Waals surface area contributed by atoms with Gasteiger partial charge in [0.1, 0.15) is 0 Å². The van der Waals surface area contributed by atoms with Crippen LogP contribution in [0.1, 0.15) is 11.1 Å². The van der Waals surface area contributed by atoms with E-state index in [9.17, 15) is 0 Å². The molecule has 2 rings (SSSR count). The van der Waals surface area contributed by atoms with Crippen LogP contribution in [0.15, 0.2) is 60.7 Å². The molecule has 20 heavy (non-hydrogen) atoms. The van der Waals surface area contributed by atoms with E-state index in [0.29, 0.717) is 6.54 Å². The fraction of sp³-hybridized carbons (Fsp3) is 0.222. The fourth-order valence-electron chi connectivity index (χ4n) is 2.01. The monoisotopic (exact) mass is 264 g/mol. The average Bonchev–Trinajstić information content (AvgIpc) is 2.49. The van der Waals surface area contributed by atoms with Gasteiger partial charge in [0.2, 0.25) is 0 Å². The van der Waals surface area contributed by atoms with Crippen LogP contribution in [0.3, 0.4) is 0 Å². The molecule has 0 bridgehead atoms. The zero-order valence-electron chi connectivity index (χ0n) is 11.6. The van der Waals surface area contributed by atoms with Crippen LogP contribution < -0.4 is 5.73 Å². The Balaban J connectivity index is 1.94. The molecule has 0 aromatic heterocycles. The molecule has 2 aromatic rings. The highest BCUT2D eigenvalue weighted by Crippen LogP contribution is 2.03. The smallest absolute Gasteiger partial charge is 0.0608 e. The fourth-order valence-corrected chi connectivity index (χ4v) is 2.01. The van der Waals surface area contributed by atoms with Gasteiger partial charge in [0.15, 0.2) is 0 Å². The molecule has 2 nitrogen and oxygen atoms in total. The molecule has 0 aliphatic rings. The second-order valence-corrected chi connectivity index (χ2v) is 4.65. The van der Waals surface area contributed by atoms with Crippen LogP contribution in [-0.4, -0.2) is 24.5 Å². The maximum Gasteiger partial charge on any atom is 0.0608 e. The van der Waals surface area contributed by atoms with Crippen molar-refractivity contribution >= 4 is 0 Å². The van der Waals surface area contributed by atoms with Crippen molar-refractivity contribution in [1.29, 1.82) is 0 Å². The van der Waals surface area contributed by atoms with E-state index < -0.39 is 0 Å². The third kappa shape index (κ3) is 4.89. The summed E-state index contributed by atoms with van der Waals surface area (Å²) in [5.74, 6) is 6.41. The van der Waals surface area contributed by atoms with Gasteiger partial charge < -0.3 is 5.73 Å². The zero-order chi connectivity index (χ0) is 14.0. The van der Waals surface area contributed by atoms with Crippen molar-refractivity contribution in [1.82, 2.24) is 4.90 Å². The van der Waals surface area contributed by atoms with E-state index in [-0.39, 0.29) is 0 Å². The molecule has 0 amide bonds.